The molecular weight excluding hydrogens is 264 g/mol. The van der Waals surface area contributed by atoms with Crippen molar-refractivity contribution in [3.05, 3.63) is 29.6 Å². The maximum atomic E-state index is 11.7. The van der Waals surface area contributed by atoms with Crippen LogP contribution in [-0.4, -0.2) is 45.4 Å². The van der Waals surface area contributed by atoms with Gasteiger partial charge in [-0.1, -0.05) is 11.8 Å². The summed E-state index contributed by atoms with van der Waals surface area (Å²) in [4.78, 5) is 15.7. The Bertz CT molecular complexity index is 503. The number of aromatic nitrogens is 1. The van der Waals surface area contributed by atoms with E-state index in [0.717, 1.165) is 0 Å². The number of hydrogen-bond donors (Lipinski definition) is 2. The number of amides is 1. The zero-order valence-electron chi connectivity index (χ0n) is 10.7. The molecule has 1 amide bonds. The molecular formula is C13H16N2O3S. The van der Waals surface area contributed by atoms with Crippen molar-refractivity contribution in [2.24, 2.45) is 0 Å². The van der Waals surface area contributed by atoms with Gasteiger partial charge in [0.25, 0.3) is 5.91 Å². The predicted octanol–water partition coefficient (Wildman–Crippen LogP) is -0.0762. The number of carbonyl (C=O) groups excluding carboxylic acids is 1. The van der Waals surface area contributed by atoms with Crippen molar-refractivity contribution in [1.82, 2.24) is 10.3 Å². The van der Waals surface area contributed by atoms with Crippen LogP contribution < -0.4 is 5.32 Å². The minimum atomic E-state index is -0.921. The largest absolute Gasteiger partial charge is 0.395 e. The van der Waals surface area contributed by atoms with E-state index in [4.69, 9.17) is 5.11 Å². The van der Waals surface area contributed by atoms with Gasteiger partial charge in [0.05, 0.1) is 6.61 Å². The fraction of sp³-hybridized carbons (Fsp3) is 0.385. The lowest BCUT2D eigenvalue weighted by atomic mass is 10.2. The molecule has 2 N–H and O–H groups in total. The highest BCUT2D eigenvalue weighted by atomic mass is 32.2. The predicted molar refractivity (Wildman–Crippen MR) is 74.1 cm³/mol. The lowest BCUT2D eigenvalue weighted by molar-refractivity contribution is 0.0951. The Balaban J connectivity index is 2.54. The molecule has 1 unspecified atom stereocenters. The molecule has 0 saturated heterocycles. The molecule has 102 valence electrons. The van der Waals surface area contributed by atoms with Crippen LogP contribution in [0, 0.1) is 11.8 Å². The van der Waals surface area contributed by atoms with Gasteiger partial charge in [0, 0.05) is 47.5 Å². The summed E-state index contributed by atoms with van der Waals surface area (Å²) in [6.07, 6.45) is 3.51. The van der Waals surface area contributed by atoms with Crippen molar-refractivity contribution in [2.75, 3.05) is 25.2 Å². The van der Waals surface area contributed by atoms with E-state index in [9.17, 15) is 9.00 Å². The molecule has 0 aliphatic carbocycles. The Kier molecular flexibility index (Phi) is 6.79. The molecule has 0 spiro atoms. The highest BCUT2D eigenvalue weighted by Gasteiger charge is 2.05. The zero-order chi connectivity index (χ0) is 14.1. The van der Waals surface area contributed by atoms with E-state index in [-0.39, 0.29) is 12.5 Å². The summed E-state index contributed by atoms with van der Waals surface area (Å²) in [7, 11) is -0.921. The third kappa shape index (κ3) is 6.13. The van der Waals surface area contributed by atoms with Gasteiger partial charge in [-0.25, -0.2) is 4.98 Å². The van der Waals surface area contributed by atoms with Crippen LogP contribution in [0.5, 0.6) is 0 Å². The molecule has 1 atom stereocenters. The Hall–Kier alpha value is -1.71. The molecule has 1 aromatic rings. The van der Waals surface area contributed by atoms with E-state index < -0.39 is 10.8 Å². The van der Waals surface area contributed by atoms with E-state index in [1.54, 1.807) is 18.4 Å². The van der Waals surface area contributed by atoms with Crippen LogP contribution >= 0.6 is 0 Å². The van der Waals surface area contributed by atoms with Gasteiger partial charge in [-0.2, -0.15) is 0 Å². The summed E-state index contributed by atoms with van der Waals surface area (Å²) in [5, 5.41) is 11.2. The quantitative estimate of drug-likeness (QED) is 0.740. The van der Waals surface area contributed by atoms with Crippen LogP contribution in [0.4, 0.5) is 0 Å². The van der Waals surface area contributed by atoms with E-state index in [1.165, 1.54) is 6.20 Å². The van der Waals surface area contributed by atoms with Crippen molar-refractivity contribution >= 4 is 16.7 Å². The van der Waals surface area contributed by atoms with Gasteiger partial charge >= 0.3 is 0 Å². The average molecular weight is 280 g/mol. The fourth-order valence-corrected chi connectivity index (χ4v) is 1.61. The first-order chi connectivity index (χ1) is 9.13. The van der Waals surface area contributed by atoms with E-state index in [2.05, 4.69) is 22.1 Å². The molecule has 0 saturated carbocycles. The smallest absolute Gasteiger partial charge is 0.269 e. The van der Waals surface area contributed by atoms with Crippen molar-refractivity contribution in [1.29, 1.82) is 0 Å². The van der Waals surface area contributed by atoms with Gasteiger partial charge in [-0.15, -0.1) is 0 Å². The Morgan fingerprint density at radius 3 is 2.89 bits per heavy atom. The monoisotopic (exact) mass is 280 g/mol. The molecule has 0 radical (unpaired) electrons. The Labute approximate surface area is 114 Å². The highest BCUT2D eigenvalue weighted by Crippen LogP contribution is 1.99. The Morgan fingerprint density at radius 1 is 1.53 bits per heavy atom. The van der Waals surface area contributed by atoms with Crippen LogP contribution in [-0.2, 0) is 10.8 Å². The van der Waals surface area contributed by atoms with E-state index >= 15 is 0 Å². The minimum absolute atomic E-state index is 0.0275. The summed E-state index contributed by atoms with van der Waals surface area (Å²) < 4.78 is 10.8. The normalized spacial score (nSPS) is 11.3. The molecule has 0 aliphatic heterocycles. The molecule has 0 fully saturated rings. The topological polar surface area (TPSA) is 79.3 Å². The van der Waals surface area contributed by atoms with Crippen molar-refractivity contribution in [3.63, 3.8) is 0 Å². The first-order valence-corrected chi connectivity index (χ1v) is 7.50. The molecule has 0 bridgehead atoms. The molecule has 0 aromatic carbocycles. The number of nitrogens with zero attached hydrogens (tertiary/aromatic N) is 1. The van der Waals surface area contributed by atoms with Crippen LogP contribution in [0.15, 0.2) is 18.3 Å². The summed E-state index contributed by atoms with van der Waals surface area (Å²) >= 11 is 0. The van der Waals surface area contributed by atoms with Crippen LogP contribution in [0.2, 0.25) is 0 Å². The maximum absolute atomic E-state index is 11.7. The summed E-state index contributed by atoms with van der Waals surface area (Å²) in [5.41, 5.74) is 0.995. The standard InChI is InChI=1S/C13H16N2O3S/c1-19(18)9-7-14-13(17)12-6-5-11(10-15-12)4-2-3-8-16/h5-6,10,16H,3,7-9H2,1H3,(H,14,17). The second kappa shape index (κ2) is 8.40. The second-order valence-electron chi connectivity index (χ2n) is 3.74. The number of rotatable bonds is 5. The molecule has 1 heterocycles. The fourth-order valence-electron chi connectivity index (χ4n) is 1.22. The number of pyridine rings is 1. The summed E-state index contributed by atoms with van der Waals surface area (Å²) in [6.45, 7) is 0.390. The first kappa shape index (κ1) is 15.3. The average Bonchev–Trinajstić information content (AvgIpc) is 2.39. The van der Waals surface area contributed by atoms with Crippen LogP contribution in [0.25, 0.3) is 0 Å². The van der Waals surface area contributed by atoms with Gasteiger partial charge in [-0.3, -0.25) is 9.00 Å². The van der Waals surface area contributed by atoms with Crippen molar-refractivity contribution < 1.29 is 14.1 Å². The lowest BCUT2D eigenvalue weighted by Gasteiger charge is -2.03. The molecule has 5 nitrogen and oxygen atoms in total. The van der Waals surface area contributed by atoms with Gasteiger partial charge in [-0.05, 0) is 12.1 Å². The van der Waals surface area contributed by atoms with Gasteiger partial charge in [0.1, 0.15) is 5.69 Å². The Morgan fingerprint density at radius 2 is 2.32 bits per heavy atom. The van der Waals surface area contributed by atoms with Crippen molar-refractivity contribution in [3.8, 4) is 11.8 Å². The minimum Gasteiger partial charge on any atom is -0.395 e. The third-order valence-electron chi connectivity index (χ3n) is 2.14. The third-order valence-corrected chi connectivity index (χ3v) is 2.92. The van der Waals surface area contributed by atoms with Crippen LogP contribution in [0.1, 0.15) is 22.5 Å². The number of nitrogens with one attached hydrogen (secondary N) is 1. The highest BCUT2D eigenvalue weighted by molar-refractivity contribution is 7.84. The lowest BCUT2D eigenvalue weighted by Crippen LogP contribution is -2.28. The van der Waals surface area contributed by atoms with E-state index in [1.807, 2.05) is 0 Å². The first-order valence-electron chi connectivity index (χ1n) is 5.77. The summed E-state index contributed by atoms with van der Waals surface area (Å²) in [5.74, 6) is 5.73. The maximum Gasteiger partial charge on any atom is 0.269 e. The molecule has 1 rings (SSSR count). The second-order valence-corrected chi connectivity index (χ2v) is 5.30. The molecule has 0 aliphatic rings. The number of carbonyl (C=O) groups is 1. The number of aliphatic hydroxyl groups excluding tert-OH is 1. The molecule has 6 heteroatoms. The van der Waals surface area contributed by atoms with Crippen LogP contribution in [0.3, 0.4) is 0 Å². The molecule has 19 heavy (non-hydrogen) atoms. The van der Waals surface area contributed by atoms with E-state index in [0.29, 0.717) is 30.0 Å². The summed E-state index contributed by atoms with van der Waals surface area (Å²) in [6, 6.07) is 3.28. The zero-order valence-corrected chi connectivity index (χ0v) is 11.5. The SMILES string of the molecule is CS(=O)CCNC(=O)c1ccc(C#CCCO)cn1. The number of hydrogen-bond acceptors (Lipinski definition) is 4. The van der Waals surface area contributed by atoms with Crippen molar-refractivity contribution in [2.45, 2.75) is 6.42 Å². The molecule has 1 aromatic heterocycles. The number of aliphatic hydroxyl groups is 1. The van der Waals surface area contributed by atoms with Gasteiger partial charge in [0.15, 0.2) is 0 Å². The van der Waals surface area contributed by atoms with Gasteiger partial charge in [0.2, 0.25) is 0 Å². The van der Waals surface area contributed by atoms with Gasteiger partial charge < -0.3 is 10.4 Å².